The predicted octanol–water partition coefficient (Wildman–Crippen LogP) is 4.89. The molecule has 1 unspecified atom stereocenters. The van der Waals surface area contributed by atoms with E-state index in [2.05, 4.69) is 20.6 Å². The molecule has 1 aliphatic rings. The van der Waals surface area contributed by atoms with Crippen molar-refractivity contribution >= 4 is 46.4 Å². The third-order valence-corrected chi connectivity index (χ3v) is 6.02. The number of anilines is 1. The van der Waals surface area contributed by atoms with Crippen LogP contribution in [0.15, 0.2) is 53.7 Å². The molecule has 0 radical (unpaired) electrons. The Labute approximate surface area is 234 Å². The van der Waals surface area contributed by atoms with Gasteiger partial charge in [-0.3, -0.25) is 9.59 Å². The highest BCUT2D eigenvalue weighted by atomic mass is 35.5. The molecule has 39 heavy (non-hydrogen) atoms. The van der Waals surface area contributed by atoms with Crippen molar-refractivity contribution in [2.24, 2.45) is 4.99 Å². The van der Waals surface area contributed by atoms with Crippen LogP contribution in [0.3, 0.4) is 0 Å². The summed E-state index contributed by atoms with van der Waals surface area (Å²) in [5, 5.41) is 5.90. The second kappa shape index (κ2) is 12.9. The van der Waals surface area contributed by atoms with Gasteiger partial charge in [-0.05, 0) is 38.1 Å². The summed E-state index contributed by atoms with van der Waals surface area (Å²) >= 11 is 12.8. The highest BCUT2D eigenvalue weighted by Crippen LogP contribution is 2.36. The van der Waals surface area contributed by atoms with Gasteiger partial charge in [-0.2, -0.15) is 0 Å². The fourth-order valence-corrected chi connectivity index (χ4v) is 4.42. The van der Waals surface area contributed by atoms with Gasteiger partial charge in [-0.25, -0.2) is 14.4 Å². The fraction of sp³-hybridized carbons (Fsp3) is 0.259. The number of carbonyl (C=O) groups is 2. The number of benzene rings is 2. The molecule has 1 aliphatic heterocycles. The van der Waals surface area contributed by atoms with E-state index in [1.807, 2.05) is 6.92 Å². The van der Waals surface area contributed by atoms with Crippen LogP contribution in [0.25, 0.3) is 0 Å². The van der Waals surface area contributed by atoms with Gasteiger partial charge < -0.3 is 24.8 Å². The van der Waals surface area contributed by atoms with E-state index in [-0.39, 0.29) is 35.4 Å². The smallest absolute Gasteiger partial charge is 0.269 e. The zero-order chi connectivity index (χ0) is 27.9. The molecule has 2 amide bonds. The highest BCUT2D eigenvalue weighted by Gasteiger charge is 2.30. The van der Waals surface area contributed by atoms with Gasteiger partial charge in [0.15, 0.2) is 0 Å². The summed E-state index contributed by atoms with van der Waals surface area (Å²) in [6, 6.07) is 11.0. The van der Waals surface area contributed by atoms with Gasteiger partial charge in [0.1, 0.15) is 23.7 Å². The van der Waals surface area contributed by atoms with E-state index in [1.165, 1.54) is 6.07 Å². The van der Waals surface area contributed by atoms with Crippen LogP contribution in [0.5, 0.6) is 11.6 Å². The van der Waals surface area contributed by atoms with E-state index < -0.39 is 23.8 Å². The molecule has 0 fully saturated rings. The minimum Gasteiger partial charge on any atom is -0.493 e. The van der Waals surface area contributed by atoms with Crippen molar-refractivity contribution in [1.82, 2.24) is 10.3 Å². The maximum absolute atomic E-state index is 14.1. The molecule has 1 aromatic heterocycles. The first-order valence-corrected chi connectivity index (χ1v) is 12.8. The lowest BCUT2D eigenvalue weighted by molar-refractivity contribution is -0.117. The van der Waals surface area contributed by atoms with E-state index in [9.17, 15) is 14.0 Å². The molecule has 0 saturated carbocycles. The van der Waals surface area contributed by atoms with Gasteiger partial charge in [0.2, 0.25) is 12.0 Å². The number of carbonyl (C=O) groups excluding carboxylic acids is 2. The van der Waals surface area contributed by atoms with Gasteiger partial charge >= 0.3 is 0 Å². The van der Waals surface area contributed by atoms with E-state index in [0.717, 1.165) is 12.3 Å². The van der Waals surface area contributed by atoms with Crippen molar-refractivity contribution in [2.75, 3.05) is 31.7 Å². The van der Waals surface area contributed by atoms with Crippen LogP contribution in [0.4, 0.5) is 10.1 Å². The van der Waals surface area contributed by atoms with E-state index in [0.29, 0.717) is 40.8 Å². The molecule has 12 heteroatoms. The third kappa shape index (κ3) is 6.65. The first-order valence-electron chi connectivity index (χ1n) is 12.1. The Morgan fingerprint density at radius 3 is 2.67 bits per heavy atom. The Morgan fingerprint density at radius 1 is 1.10 bits per heavy atom. The number of amides is 2. The first kappa shape index (κ1) is 28.3. The minimum absolute atomic E-state index is 0.0869. The van der Waals surface area contributed by atoms with Gasteiger partial charge in [0.25, 0.3) is 11.8 Å². The monoisotopic (exact) mass is 574 g/mol. The Bertz CT molecular complexity index is 1420. The quantitative estimate of drug-likeness (QED) is 0.333. The lowest BCUT2D eigenvalue weighted by Gasteiger charge is -2.17. The summed E-state index contributed by atoms with van der Waals surface area (Å²) in [5.74, 6) is -1.97. The minimum atomic E-state index is -1.43. The zero-order valence-corrected chi connectivity index (χ0v) is 22.6. The maximum Gasteiger partial charge on any atom is 0.269 e. The molecule has 2 heterocycles. The molecular weight excluding hydrogens is 550 g/mol. The molecule has 2 N–H and O–H groups in total. The van der Waals surface area contributed by atoms with Crippen molar-refractivity contribution in [3.05, 3.63) is 81.2 Å². The van der Waals surface area contributed by atoms with Crippen LogP contribution in [-0.4, -0.2) is 55.1 Å². The number of rotatable bonds is 10. The number of hydrogen-bond acceptors (Lipinski definition) is 7. The Morgan fingerprint density at radius 2 is 1.90 bits per heavy atom. The average molecular weight is 575 g/mol. The summed E-state index contributed by atoms with van der Waals surface area (Å²) in [4.78, 5) is 35.0. The van der Waals surface area contributed by atoms with Gasteiger partial charge in [-0.1, -0.05) is 41.4 Å². The SMILES string of the molecule is CCOCCOc1ncc(F)cc1C(=O)NC1N=C(c2c(Cl)cc(Cl)cc2OCC)c2ccccc2NC1=O. The topological polar surface area (TPSA) is 111 Å². The second-order valence-electron chi connectivity index (χ2n) is 8.13. The third-order valence-electron chi connectivity index (χ3n) is 5.50. The number of fused-ring (bicyclic) bond motifs is 1. The average Bonchev–Trinajstić information content (AvgIpc) is 3.03. The van der Waals surface area contributed by atoms with Crippen LogP contribution >= 0.6 is 23.2 Å². The summed E-state index contributed by atoms with van der Waals surface area (Å²) < 4.78 is 30.6. The number of aromatic nitrogens is 1. The largest absolute Gasteiger partial charge is 0.493 e. The summed E-state index contributed by atoms with van der Waals surface area (Å²) in [5.41, 5.74) is 1.44. The number of hydrogen-bond donors (Lipinski definition) is 2. The van der Waals surface area contributed by atoms with Crippen LogP contribution < -0.4 is 20.1 Å². The fourth-order valence-electron chi connectivity index (χ4n) is 3.85. The molecule has 0 saturated heterocycles. The number of nitrogens with one attached hydrogen (secondary N) is 2. The lowest BCUT2D eigenvalue weighted by atomic mass is 9.99. The van der Waals surface area contributed by atoms with Crippen molar-refractivity contribution in [3.63, 3.8) is 0 Å². The van der Waals surface area contributed by atoms with Gasteiger partial charge in [0, 0.05) is 17.2 Å². The molecule has 9 nitrogen and oxygen atoms in total. The van der Waals surface area contributed by atoms with Crippen LogP contribution in [0, 0.1) is 5.82 Å². The summed E-state index contributed by atoms with van der Waals surface area (Å²) in [6.45, 7) is 4.76. The second-order valence-corrected chi connectivity index (χ2v) is 8.98. The predicted molar refractivity (Wildman–Crippen MR) is 146 cm³/mol. The van der Waals surface area contributed by atoms with Crippen molar-refractivity contribution < 1.29 is 28.2 Å². The molecule has 0 spiro atoms. The van der Waals surface area contributed by atoms with Crippen LogP contribution in [-0.2, 0) is 9.53 Å². The molecule has 204 valence electrons. The number of pyridine rings is 1. The number of ether oxygens (including phenoxy) is 3. The standard InChI is InChI=1S/C27H25Cl2FN4O5/c1-3-37-9-10-39-27-18(13-16(30)14-31-27)25(35)34-24-26(36)32-20-8-6-5-7-17(20)23(33-24)22-19(29)11-15(28)12-21(22)38-4-2/h5-8,11-14,24H,3-4,9-10H2,1-2H3,(H,32,36)(H,34,35). The molecule has 0 bridgehead atoms. The summed E-state index contributed by atoms with van der Waals surface area (Å²) in [7, 11) is 0. The van der Waals surface area contributed by atoms with Gasteiger partial charge in [-0.15, -0.1) is 0 Å². The number of benzodiazepines with no additional fused rings is 1. The van der Waals surface area contributed by atoms with Crippen molar-refractivity contribution in [3.8, 4) is 11.6 Å². The molecule has 4 rings (SSSR count). The lowest BCUT2D eigenvalue weighted by Crippen LogP contribution is -2.42. The Kier molecular flexibility index (Phi) is 9.34. The Hall–Kier alpha value is -3.73. The molecule has 0 aliphatic carbocycles. The Balaban J connectivity index is 1.75. The van der Waals surface area contributed by atoms with Crippen LogP contribution in [0.2, 0.25) is 10.0 Å². The maximum atomic E-state index is 14.1. The normalized spacial score (nSPS) is 14.5. The van der Waals surface area contributed by atoms with Crippen molar-refractivity contribution in [1.29, 1.82) is 0 Å². The van der Waals surface area contributed by atoms with E-state index >= 15 is 0 Å². The molecular formula is C27H25Cl2FN4O5. The van der Waals surface area contributed by atoms with E-state index in [1.54, 1.807) is 37.3 Å². The van der Waals surface area contributed by atoms with Crippen LogP contribution in [0.1, 0.15) is 35.3 Å². The number of para-hydroxylation sites is 1. The van der Waals surface area contributed by atoms with Crippen molar-refractivity contribution in [2.45, 2.75) is 20.0 Å². The number of halogens is 3. The molecule has 3 aromatic rings. The number of aliphatic imine (C=N–C) groups is 1. The van der Waals surface area contributed by atoms with Gasteiger partial charge in [0.05, 0.1) is 41.4 Å². The number of nitrogens with zero attached hydrogens (tertiary/aromatic N) is 2. The molecule has 2 aromatic carbocycles. The highest BCUT2D eigenvalue weighted by molar-refractivity contribution is 6.39. The summed E-state index contributed by atoms with van der Waals surface area (Å²) in [6.07, 6.45) is -0.504. The first-order chi connectivity index (χ1) is 18.8. The van der Waals surface area contributed by atoms with E-state index in [4.69, 9.17) is 37.4 Å². The molecule has 1 atom stereocenters. The zero-order valence-electron chi connectivity index (χ0n) is 21.1.